The van der Waals surface area contributed by atoms with Crippen molar-refractivity contribution in [3.8, 4) is 0 Å². The van der Waals surface area contributed by atoms with Gasteiger partial charge < -0.3 is 5.32 Å². The molecule has 0 aromatic heterocycles. The number of carbonyl (C=O) groups excluding carboxylic acids is 1. The van der Waals surface area contributed by atoms with Crippen molar-refractivity contribution in [1.82, 2.24) is 0 Å². The molecule has 0 aliphatic rings. The highest BCUT2D eigenvalue weighted by Crippen LogP contribution is 2.22. The van der Waals surface area contributed by atoms with Crippen molar-refractivity contribution in [1.29, 1.82) is 0 Å². The zero-order valence-corrected chi connectivity index (χ0v) is 18.5. The number of benzene rings is 3. The second kappa shape index (κ2) is 8.80. The molecule has 0 heterocycles. The van der Waals surface area contributed by atoms with Gasteiger partial charge in [0.1, 0.15) is 0 Å². The quantitative estimate of drug-likeness (QED) is 0.550. The van der Waals surface area contributed by atoms with Crippen LogP contribution in [0.4, 0.5) is 11.4 Å². The third kappa shape index (κ3) is 5.68. The number of anilines is 2. The fraction of sp³-hybridized carbons (Fsp3) is 0.136. The Bertz CT molecular complexity index is 1110. The monoisotopic (exact) mass is 472 g/mol. The lowest BCUT2D eigenvalue weighted by Gasteiger charge is -2.23. The summed E-state index contributed by atoms with van der Waals surface area (Å²) in [5, 5.41) is 2.82. The van der Waals surface area contributed by atoms with Crippen LogP contribution in [0.3, 0.4) is 0 Å². The number of sulfonamides is 1. The van der Waals surface area contributed by atoms with Gasteiger partial charge in [0.2, 0.25) is 10.0 Å². The first kappa shape index (κ1) is 21.1. The molecule has 0 aliphatic carbocycles. The van der Waals surface area contributed by atoms with Crippen LogP contribution in [0.5, 0.6) is 0 Å². The van der Waals surface area contributed by atoms with E-state index >= 15 is 0 Å². The van der Waals surface area contributed by atoms with Gasteiger partial charge in [-0.25, -0.2) is 8.42 Å². The van der Waals surface area contributed by atoms with Gasteiger partial charge in [-0.05, 0) is 55.0 Å². The zero-order valence-electron chi connectivity index (χ0n) is 16.1. The van der Waals surface area contributed by atoms with E-state index in [0.717, 1.165) is 15.6 Å². The SMILES string of the molecule is Cc1ccc(CN(c2ccc(C(=O)Nc3cccc(Br)c3)cc2)S(C)(=O)=O)cc1. The second-order valence-electron chi connectivity index (χ2n) is 6.77. The van der Waals surface area contributed by atoms with Gasteiger partial charge in [-0.15, -0.1) is 0 Å². The Morgan fingerprint density at radius 1 is 1.00 bits per heavy atom. The maximum atomic E-state index is 12.5. The van der Waals surface area contributed by atoms with Crippen LogP contribution < -0.4 is 9.62 Å². The molecule has 150 valence electrons. The van der Waals surface area contributed by atoms with E-state index in [9.17, 15) is 13.2 Å². The largest absolute Gasteiger partial charge is 0.322 e. The fourth-order valence-corrected chi connectivity index (χ4v) is 4.10. The molecule has 5 nitrogen and oxygen atoms in total. The number of hydrogen-bond donors (Lipinski definition) is 1. The number of nitrogens with one attached hydrogen (secondary N) is 1. The van der Waals surface area contributed by atoms with E-state index < -0.39 is 10.0 Å². The second-order valence-corrected chi connectivity index (χ2v) is 9.59. The minimum atomic E-state index is -3.49. The molecule has 3 aromatic carbocycles. The Labute approximate surface area is 179 Å². The summed E-state index contributed by atoms with van der Waals surface area (Å²) in [6.45, 7) is 2.21. The van der Waals surface area contributed by atoms with E-state index in [-0.39, 0.29) is 12.5 Å². The van der Waals surface area contributed by atoms with Crippen LogP contribution in [-0.4, -0.2) is 20.6 Å². The number of amides is 1. The van der Waals surface area contributed by atoms with Crippen LogP contribution in [0.25, 0.3) is 0 Å². The van der Waals surface area contributed by atoms with E-state index in [1.54, 1.807) is 36.4 Å². The van der Waals surface area contributed by atoms with Gasteiger partial charge in [0.15, 0.2) is 0 Å². The summed E-state index contributed by atoms with van der Waals surface area (Å²) in [5.74, 6) is -0.265. The van der Waals surface area contributed by atoms with Gasteiger partial charge in [0, 0.05) is 15.7 Å². The van der Waals surface area contributed by atoms with Gasteiger partial charge in [0.25, 0.3) is 5.91 Å². The number of carbonyl (C=O) groups is 1. The number of hydrogen-bond acceptors (Lipinski definition) is 3. The standard InChI is InChI=1S/C22H21BrN2O3S/c1-16-6-8-17(9-7-16)15-25(29(2,27)28)21-12-10-18(11-13-21)22(26)24-20-5-3-4-19(23)14-20/h3-14H,15H2,1-2H3,(H,24,26). The molecule has 0 atom stereocenters. The molecule has 3 rings (SSSR count). The van der Waals surface area contributed by atoms with Crippen LogP contribution in [0.1, 0.15) is 21.5 Å². The minimum absolute atomic E-state index is 0.225. The van der Waals surface area contributed by atoms with Crippen LogP contribution in [0.15, 0.2) is 77.3 Å². The van der Waals surface area contributed by atoms with E-state index in [1.165, 1.54) is 10.6 Å². The summed E-state index contributed by atoms with van der Waals surface area (Å²) in [6.07, 6.45) is 1.18. The van der Waals surface area contributed by atoms with E-state index in [4.69, 9.17) is 0 Å². The molecule has 0 fully saturated rings. The predicted molar refractivity (Wildman–Crippen MR) is 121 cm³/mol. The molecule has 0 bridgehead atoms. The number of halogens is 1. The number of nitrogens with zero attached hydrogens (tertiary/aromatic N) is 1. The first-order valence-corrected chi connectivity index (χ1v) is 11.6. The number of rotatable bonds is 6. The fourth-order valence-electron chi connectivity index (χ4n) is 2.81. The molecule has 1 N–H and O–H groups in total. The molecule has 3 aromatic rings. The third-order valence-electron chi connectivity index (χ3n) is 4.35. The van der Waals surface area contributed by atoms with Crippen LogP contribution in [-0.2, 0) is 16.6 Å². The molecule has 0 saturated carbocycles. The summed E-state index contributed by atoms with van der Waals surface area (Å²) in [4.78, 5) is 12.5. The van der Waals surface area contributed by atoms with Crippen molar-refractivity contribution in [3.63, 3.8) is 0 Å². The highest BCUT2D eigenvalue weighted by Gasteiger charge is 2.18. The topological polar surface area (TPSA) is 66.5 Å². The van der Waals surface area contributed by atoms with E-state index in [2.05, 4.69) is 21.2 Å². The first-order chi connectivity index (χ1) is 13.7. The smallest absolute Gasteiger partial charge is 0.255 e. The van der Waals surface area contributed by atoms with Gasteiger partial charge in [-0.1, -0.05) is 51.8 Å². The Balaban J connectivity index is 1.80. The Hall–Kier alpha value is -2.64. The molecule has 0 saturated heterocycles. The highest BCUT2D eigenvalue weighted by molar-refractivity contribution is 9.10. The molecule has 0 unspecified atom stereocenters. The van der Waals surface area contributed by atoms with Crippen LogP contribution in [0, 0.1) is 6.92 Å². The lowest BCUT2D eigenvalue weighted by atomic mass is 10.1. The average molecular weight is 473 g/mol. The average Bonchev–Trinajstić information content (AvgIpc) is 2.67. The van der Waals surface area contributed by atoms with Crippen molar-refractivity contribution in [3.05, 3.63) is 94.0 Å². The summed E-state index contributed by atoms with van der Waals surface area (Å²) in [5.41, 5.74) is 3.62. The molecule has 1 amide bonds. The normalized spacial score (nSPS) is 11.1. The maximum Gasteiger partial charge on any atom is 0.255 e. The molecule has 29 heavy (non-hydrogen) atoms. The van der Waals surface area contributed by atoms with Crippen molar-refractivity contribution in [2.75, 3.05) is 15.9 Å². The van der Waals surface area contributed by atoms with Crippen molar-refractivity contribution < 1.29 is 13.2 Å². The molecular formula is C22H21BrN2O3S. The zero-order chi connectivity index (χ0) is 21.0. The lowest BCUT2D eigenvalue weighted by molar-refractivity contribution is 0.102. The molecular weight excluding hydrogens is 452 g/mol. The van der Waals surface area contributed by atoms with Gasteiger partial charge >= 0.3 is 0 Å². The molecule has 0 spiro atoms. The van der Waals surface area contributed by atoms with Gasteiger partial charge in [0.05, 0.1) is 18.5 Å². The Morgan fingerprint density at radius 2 is 1.66 bits per heavy atom. The van der Waals surface area contributed by atoms with Gasteiger partial charge in [-0.2, -0.15) is 0 Å². The molecule has 7 heteroatoms. The van der Waals surface area contributed by atoms with Gasteiger partial charge in [-0.3, -0.25) is 9.10 Å². The molecule has 0 aliphatic heterocycles. The van der Waals surface area contributed by atoms with Crippen LogP contribution in [0.2, 0.25) is 0 Å². The summed E-state index contributed by atoms with van der Waals surface area (Å²) in [7, 11) is -3.49. The third-order valence-corrected chi connectivity index (χ3v) is 5.98. The Morgan fingerprint density at radius 3 is 2.24 bits per heavy atom. The van der Waals surface area contributed by atoms with Crippen molar-refractivity contribution in [2.24, 2.45) is 0 Å². The summed E-state index contributed by atoms with van der Waals surface area (Å²) < 4.78 is 26.9. The summed E-state index contributed by atoms with van der Waals surface area (Å²) >= 11 is 3.37. The lowest BCUT2D eigenvalue weighted by Crippen LogP contribution is -2.29. The summed E-state index contributed by atoms with van der Waals surface area (Å²) in [6, 6.07) is 21.6. The first-order valence-electron chi connectivity index (χ1n) is 8.92. The minimum Gasteiger partial charge on any atom is -0.322 e. The Kier molecular flexibility index (Phi) is 6.39. The van der Waals surface area contributed by atoms with E-state index in [0.29, 0.717) is 16.9 Å². The van der Waals surface area contributed by atoms with Crippen LogP contribution >= 0.6 is 15.9 Å². The molecule has 0 radical (unpaired) electrons. The predicted octanol–water partition coefficient (Wildman–Crippen LogP) is 4.98. The maximum absolute atomic E-state index is 12.5. The van der Waals surface area contributed by atoms with Crippen molar-refractivity contribution >= 4 is 43.2 Å². The van der Waals surface area contributed by atoms with E-state index in [1.807, 2.05) is 43.3 Å². The van der Waals surface area contributed by atoms with Crippen molar-refractivity contribution in [2.45, 2.75) is 13.5 Å². The number of aryl methyl sites for hydroxylation is 1. The highest BCUT2D eigenvalue weighted by atomic mass is 79.9.